The molecular formula is C17H21KO3S. The third-order valence-electron chi connectivity index (χ3n) is 3.76. The molecule has 5 heteroatoms. The van der Waals surface area contributed by atoms with Crippen molar-refractivity contribution in [1.29, 1.82) is 0 Å². The van der Waals surface area contributed by atoms with Crippen molar-refractivity contribution in [3.63, 3.8) is 0 Å². The summed E-state index contributed by atoms with van der Waals surface area (Å²) in [6.45, 7) is 2.16. The molecule has 0 amide bonds. The average Bonchev–Trinajstić information content (AvgIpc) is 2.45. The van der Waals surface area contributed by atoms with Crippen molar-refractivity contribution in [3.8, 4) is 0 Å². The summed E-state index contributed by atoms with van der Waals surface area (Å²) in [6.07, 6.45) is 6.16. The molecule has 0 aromatic heterocycles. The molecule has 0 N–H and O–H groups in total. The van der Waals surface area contributed by atoms with Crippen molar-refractivity contribution < 1.29 is 64.4 Å². The SMILES string of the molecule is CCCCCCCc1ccc2ccccc2c1S(=O)(=O)[O-].[K+]. The smallest absolute Gasteiger partial charge is 0.744 e. The number of hydrogen-bond acceptors (Lipinski definition) is 3. The molecule has 0 heterocycles. The van der Waals surface area contributed by atoms with Crippen molar-refractivity contribution in [1.82, 2.24) is 0 Å². The van der Waals surface area contributed by atoms with Gasteiger partial charge in [0.1, 0.15) is 10.1 Å². The van der Waals surface area contributed by atoms with Gasteiger partial charge in [0.2, 0.25) is 0 Å². The topological polar surface area (TPSA) is 57.2 Å². The van der Waals surface area contributed by atoms with Gasteiger partial charge in [0.25, 0.3) is 0 Å². The zero-order valence-electron chi connectivity index (χ0n) is 13.3. The molecule has 0 atom stereocenters. The van der Waals surface area contributed by atoms with Crippen molar-refractivity contribution in [2.45, 2.75) is 50.3 Å². The number of fused-ring (bicyclic) bond motifs is 1. The van der Waals surface area contributed by atoms with Crippen LogP contribution in [0.5, 0.6) is 0 Å². The second kappa shape index (κ2) is 9.52. The Kier molecular flexibility index (Phi) is 8.78. The molecule has 3 nitrogen and oxygen atoms in total. The first-order valence-corrected chi connectivity index (χ1v) is 8.91. The summed E-state index contributed by atoms with van der Waals surface area (Å²) in [6, 6.07) is 10.8. The van der Waals surface area contributed by atoms with Gasteiger partial charge in [-0.05, 0) is 29.2 Å². The van der Waals surface area contributed by atoms with E-state index in [1.165, 1.54) is 12.8 Å². The molecule has 0 unspecified atom stereocenters. The molecule has 114 valence electrons. The Balaban J connectivity index is 0.00000242. The van der Waals surface area contributed by atoms with Crippen LogP contribution in [0.1, 0.15) is 44.6 Å². The molecule has 0 aliphatic carbocycles. The number of unbranched alkanes of at least 4 members (excludes halogenated alkanes) is 4. The average molecular weight is 345 g/mol. The maximum atomic E-state index is 11.6. The Morgan fingerprint density at radius 3 is 2.32 bits per heavy atom. The van der Waals surface area contributed by atoms with Crippen LogP contribution in [-0.2, 0) is 16.5 Å². The van der Waals surface area contributed by atoms with E-state index >= 15 is 0 Å². The molecule has 0 radical (unpaired) electrons. The third-order valence-corrected chi connectivity index (χ3v) is 4.74. The fraction of sp³-hybridized carbons (Fsp3) is 0.412. The third kappa shape index (κ3) is 5.41. The normalized spacial score (nSPS) is 11.4. The van der Waals surface area contributed by atoms with Crippen molar-refractivity contribution in [3.05, 3.63) is 42.0 Å². The van der Waals surface area contributed by atoms with Crippen molar-refractivity contribution in [2.75, 3.05) is 0 Å². The Labute approximate surface area is 175 Å². The molecule has 0 fully saturated rings. The van der Waals surface area contributed by atoms with E-state index in [9.17, 15) is 13.0 Å². The van der Waals surface area contributed by atoms with Crippen LogP contribution in [0.3, 0.4) is 0 Å². The van der Waals surface area contributed by atoms with E-state index in [2.05, 4.69) is 6.92 Å². The maximum absolute atomic E-state index is 11.6. The molecule has 0 saturated carbocycles. The molecule has 0 aliphatic rings. The van der Waals surface area contributed by atoms with Gasteiger partial charge in [-0.1, -0.05) is 69.0 Å². The van der Waals surface area contributed by atoms with Gasteiger partial charge in [0, 0.05) is 0 Å². The minimum atomic E-state index is -4.46. The van der Waals surface area contributed by atoms with Gasteiger partial charge in [-0.15, -0.1) is 0 Å². The molecular weight excluding hydrogens is 323 g/mol. The van der Waals surface area contributed by atoms with Gasteiger partial charge in [0.05, 0.1) is 4.90 Å². The van der Waals surface area contributed by atoms with Crippen LogP contribution in [0, 0.1) is 0 Å². The van der Waals surface area contributed by atoms with Gasteiger partial charge in [-0.2, -0.15) is 0 Å². The van der Waals surface area contributed by atoms with E-state index in [0.717, 1.165) is 24.6 Å². The fourth-order valence-electron chi connectivity index (χ4n) is 2.70. The van der Waals surface area contributed by atoms with E-state index in [4.69, 9.17) is 0 Å². The van der Waals surface area contributed by atoms with E-state index < -0.39 is 10.1 Å². The first-order valence-electron chi connectivity index (χ1n) is 7.50. The second-order valence-electron chi connectivity index (χ2n) is 5.39. The number of aryl methyl sites for hydroxylation is 1. The van der Waals surface area contributed by atoms with E-state index in [1.54, 1.807) is 18.2 Å². The van der Waals surface area contributed by atoms with Gasteiger partial charge >= 0.3 is 51.4 Å². The van der Waals surface area contributed by atoms with Gasteiger partial charge in [-0.3, -0.25) is 0 Å². The van der Waals surface area contributed by atoms with Crippen LogP contribution < -0.4 is 51.4 Å². The second-order valence-corrected chi connectivity index (χ2v) is 6.71. The number of rotatable bonds is 7. The standard InChI is InChI=1S/C17H22O3S.K/c1-2-3-4-5-6-10-15-13-12-14-9-7-8-11-16(14)17(15)21(18,19)20;/h7-9,11-13H,2-6,10H2,1H3,(H,18,19,20);/q;+1/p-1. The summed E-state index contributed by atoms with van der Waals surface area (Å²) >= 11 is 0. The Hall–Kier alpha value is 0.246. The van der Waals surface area contributed by atoms with E-state index in [0.29, 0.717) is 17.4 Å². The molecule has 0 spiro atoms. The first kappa shape index (κ1) is 20.3. The van der Waals surface area contributed by atoms with Crippen LogP contribution in [0.25, 0.3) is 10.8 Å². The maximum Gasteiger partial charge on any atom is 1.00 e. The fourth-order valence-corrected chi connectivity index (χ4v) is 3.65. The summed E-state index contributed by atoms with van der Waals surface area (Å²) < 4.78 is 34.9. The van der Waals surface area contributed by atoms with E-state index in [-0.39, 0.29) is 56.3 Å². The molecule has 0 saturated heterocycles. The Morgan fingerprint density at radius 2 is 1.64 bits per heavy atom. The predicted octanol–water partition coefficient (Wildman–Crippen LogP) is 1.26. The van der Waals surface area contributed by atoms with E-state index in [1.807, 2.05) is 18.2 Å². The van der Waals surface area contributed by atoms with Crippen molar-refractivity contribution >= 4 is 20.9 Å². The monoisotopic (exact) mass is 344 g/mol. The largest absolute Gasteiger partial charge is 1.00 e. The summed E-state index contributed by atoms with van der Waals surface area (Å²) in [5.41, 5.74) is 0.653. The van der Waals surface area contributed by atoms with Crippen LogP contribution >= 0.6 is 0 Å². The van der Waals surface area contributed by atoms with Crippen molar-refractivity contribution in [2.24, 2.45) is 0 Å². The summed E-state index contributed by atoms with van der Waals surface area (Å²) in [4.78, 5) is -0.0314. The molecule has 22 heavy (non-hydrogen) atoms. The minimum Gasteiger partial charge on any atom is -0.744 e. The predicted molar refractivity (Wildman–Crippen MR) is 84.4 cm³/mol. The summed E-state index contributed by atoms with van der Waals surface area (Å²) in [5.74, 6) is 0. The first-order chi connectivity index (χ1) is 10.0. The Morgan fingerprint density at radius 1 is 0.955 bits per heavy atom. The van der Waals surface area contributed by atoms with Gasteiger partial charge < -0.3 is 4.55 Å². The van der Waals surface area contributed by atoms with Crippen LogP contribution in [0.15, 0.2) is 41.3 Å². The molecule has 0 bridgehead atoms. The summed E-state index contributed by atoms with van der Waals surface area (Å²) in [5, 5.41) is 1.33. The zero-order valence-corrected chi connectivity index (χ0v) is 17.3. The van der Waals surface area contributed by atoms with Crippen LogP contribution in [0.4, 0.5) is 0 Å². The quantitative estimate of drug-likeness (QED) is 0.432. The van der Waals surface area contributed by atoms with Gasteiger partial charge in [-0.25, -0.2) is 8.42 Å². The molecule has 2 aromatic rings. The van der Waals surface area contributed by atoms with Crippen LogP contribution in [0.2, 0.25) is 0 Å². The minimum absolute atomic E-state index is 0. The zero-order chi connectivity index (χ0) is 15.3. The number of hydrogen-bond donors (Lipinski definition) is 0. The van der Waals surface area contributed by atoms with Gasteiger partial charge in [0.15, 0.2) is 0 Å². The number of benzene rings is 2. The molecule has 0 aliphatic heterocycles. The van der Waals surface area contributed by atoms with Crippen LogP contribution in [-0.4, -0.2) is 13.0 Å². The molecule has 2 aromatic carbocycles. The molecule has 2 rings (SSSR count). The Bertz CT molecular complexity index is 711. The summed E-state index contributed by atoms with van der Waals surface area (Å²) in [7, 11) is -4.46.